The van der Waals surface area contributed by atoms with E-state index in [1.807, 2.05) is 22.8 Å². The van der Waals surface area contributed by atoms with Gasteiger partial charge in [-0.2, -0.15) is 4.98 Å². The van der Waals surface area contributed by atoms with Gasteiger partial charge in [-0.3, -0.25) is 13.9 Å². The van der Waals surface area contributed by atoms with Crippen LogP contribution in [0.25, 0.3) is 11.2 Å². The van der Waals surface area contributed by atoms with Crippen LogP contribution in [0.4, 0.5) is 5.95 Å². The Kier molecular flexibility index (Phi) is 5.27. The van der Waals surface area contributed by atoms with Gasteiger partial charge < -0.3 is 14.2 Å². The van der Waals surface area contributed by atoms with Crippen LogP contribution in [0.1, 0.15) is 12.5 Å². The molecule has 1 aromatic carbocycles. The zero-order valence-corrected chi connectivity index (χ0v) is 17.2. The van der Waals surface area contributed by atoms with Gasteiger partial charge in [-0.25, -0.2) is 4.79 Å². The third kappa shape index (κ3) is 3.48. The van der Waals surface area contributed by atoms with Gasteiger partial charge in [0, 0.05) is 33.8 Å². The van der Waals surface area contributed by atoms with Crippen molar-refractivity contribution in [1.82, 2.24) is 18.7 Å². The molecular formula is C21H27N5O3. The zero-order valence-electron chi connectivity index (χ0n) is 17.2. The molecule has 0 fully saturated rings. The molecule has 29 heavy (non-hydrogen) atoms. The first-order chi connectivity index (χ1) is 14.0. The molecule has 3 heterocycles. The molecule has 4 rings (SSSR count). The minimum atomic E-state index is -0.362. The number of hydrogen-bond acceptors (Lipinski definition) is 5. The Morgan fingerprint density at radius 2 is 1.90 bits per heavy atom. The Morgan fingerprint density at radius 1 is 1.14 bits per heavy atom. The topological polar surface area (TPSA) is 74.3 Å². The van der Waals surface area contributed by atoms with Crippen molar-refractivity contribution >= 4 is 17.1 Å². The van der Waals surface area contributed by atoms with E-state index in [2.05, 4.69) is 24.0 Å². The van der Waals surface area contributed by atoms with E-state index in [-0.39, 0.29) is 17.8 Å². The van der Waals surface area contributed by atoms with Gasteiger partial charge in [0.1, 0.15) is 0 Å². The monoisotopic (exact) mass is 397 g/mol. The van der Waals surface area contributed by atoms with Crippen molar-refractivity contribution in [2.45, 2.75) is 26.4 Å². The number of anilines is 1. The highest BCUT2D eigenvalue weighted by molar-refractivity contribution is 5.75. The van der Waals surface area contributed by atoms with Gasteiger partial charge in [0.2, 0.25) is 5.95 Å². The fourth-order valence-electron chi connectivity index (χ4n) is 4.08. The van der Waals surface area contributed by atoms with Crippen molar-refractivity contribution in [3.05, 3.63) is 56.7 Å². The SMILES string of the molecule is COCCn1c(=O)c2c(nc3n2C[C@H](C)CN3CCc2ccccc2)n(C)c1=O. The molecule has 1 atom stereocenters. The van der Waals surface area contributed by atoms with E-state index in [1.165, 1.54) is 14.7 Å². The van der Waals surface area contributed by atoms with Gasteiger partial charge in [-0.1, -0.05) is 37.3 Å². The fourth-order valence-corrected chi connectivity index (χ4v) is 4.08. The van der Waals surface area contributed by atoms with Crippen LogP contribution < -0.4 is 16.1 Å². The number of ether oxygens (including phenoxy) is 1. The number of aromatic nitrogens is 4. The van der Waals surface area contributed by atoms with Gasteiger partial charge in [-0.05, 0) is 17.9 Å². The molecule has 0 amide bonds. The minimum absolute atomic E-state index is 0.228. The molecule has 1 aliphatic rings. The number of hydrogen-bond donors (Lipinski definition) is 0. The molecule has 0 saturated heterocycles. The van der Waals surface area contributed by atoms with Gasteiger partial charge in [-0.15, -0.1) is 0 Å². The van der Waals surface area contributed by atoms with E-state index >= 15 is 0 Å². The molecule has 0 saturated carbocycles. The van der Waals surface area contributed by atoms with Crippen molar-refractivity contribution in [2.24, 2.45) is 13.0 Å². The molecule has 8 nitrogen and oxygen atoms in total. The first-order valence-electron chi connectivity index (χ1n) is 9.99. The molecule has 8 heteroatoms. The van der Waals surface area contributed by atoms with E-state index in [0.717, 1.165) is 25.5 Å². The zero-order chi connectivity index (χ0) is 20.5. The second kappa shape index (κ2) is 7.87. The number of nitrogens with zero attached hydrogens (tertiary/aromatic N) is 5. The van der Waals surface area contributed by atoms with E-state index < -0.39 is 0 Å². The third-order valence-electron chi connectivity index (χ3n) is 5.55. The van der Waals surface area contributed by atoms with Gasteiger partial charge in [0.05, 0.1) is 13.2 Å². The van der Waals surface area contributed by atoms with Gasteiger partial charge in [0.25, 0.3) is 5.56 Å². The van der Waals surface area contributed by atoms with Crippen LogP contribution in [0.2, 0.25) is 0 Å². The number of rotatable bonds is 6. The Balaban J connectivity index is 1.78. The lowest BCUT2D eigenvalue weighted by Gasteiger charge is -2.33. The number of fused-ring (bicyclic) bond motifs is 3. The lowest BCUT2D eigenvalue weighted by atomic mass is 10.1. The number of benzene rings is 1. The van der Waals surface area contributed by atoms with Crippen molar-refractivity contribution in [1.29, 1.82) is 0 Å². The van der Waals surface area contributed by atoms with E-state index in [4.69, 9.17) is 9.72 Å². The molecule has 2 aromatic heterocycles. The molecule has 0 aliphatic carbocycles. The maximum atomic E-state index is 13.1. The summed E-state index contributed by atoms with van der Waals surface area (Å²) in [5.74, 6) is 1.14. The Bertz CT molecular complexity index is 1130. The molecular weight excluding hydrogens is 370 g/mol. The smallest absolute Gasteiger partial charge is 0.332 e. The van der Waals surface area contributed by atoms with E-state index in [0.29, 0.717) is 30.2 Å². The summed E-state index contributed by atoms with van der Waals surface area (Å²) in [5.41, 5.74) is 1.55. The van der Waals surface area contributed by atoms with Crippen LogP contribution in [-0.4, -0.2) is 45.5 Å². The average molecular weight is 397 g/mol. The summed E-state index contributed by atoms with van der Waals surface area (Å²) in [6, 6.07) is 10.3. The van der Waals surface area contributed by atoms with Crippen molar-refractivity contribution < 1.29 is 4.74 Å². The molecule has 0 unspecified atom stereocenters. The van der Waals surface area contributed by atoms with Crippen LogP contribution in [-0.2, 0) is 31.3 Å². The largest absolute Gasteiger partial charge is 0.383 e. The highest BCUT2D eigenvalue weighted by Gasteiger charge is 2.28. The van der Waals surface area contributed by atoms with Crippen LogP contribution in [0.5, 0.6) is 0 Å². The van der Waals surface area contributed by atoms with Crippen LogP contribution in [0.15, 0.2) is 39.9 Å². The second-order valence-electron chi connectivity index (χ2n) is 7.77. The summed E-state index contributed by atoms with van der Waals surface area (Å²) in [6.45, 7) is 5.11. The second-order valence-corrected chi connectivity index (χ2v) is 7.77. The molecule has 0 spiro atoms. The standard InChI is InChI=1S/C21H27N5O3/c1-15-13-24(10-9-16-7-5-4-6-8-16)20-22-18-17(26(20)14-15)19(27)25(11-12-29-3)21(28)23(18)2/h4-8,15H,9-14H2,1-3H3/t15-/m1/s1. The van der Waals surface area contributed by atoms with Gasteiger partial charge in [0.15, 0.2) is 11.2 Å². The van der Waals surface area contributed by atoms with Crippen LogP contribution in [0.3, 0.4) is 0 Å². The molecule has 0 bridgehead atoms. The Hall–Kier alpha value is -2.87. The Morgan fingerprint density at radius 3 is 2.62 bits per heavy atom. The fraction of sp³-hybridized carbons (Fsp3) is 0.476. The summed E-state index contributed by atoms with van der Waals surface area (Å²) >= 11 is 0. The first-order valence-corrected chi connectivity index (χ1v) is 9.99. The molecule has 154 valence electrons. The van der Waals surface area contributed by atoms with Crippen LogP contribution in [0, 0.1) is 5.92 Å². The molecule has 3 aromatic rings. The van der Waals surface area contributed by atoms with Crippen LogP contribution >= 0.6 is 0 Å². The third-order valence-corrected chi connectivity index (χ3v) is 5.55. The van der Waals surface area contributed by atoms with E-state index in [1.54, 1.807) is 14.2 Å². The summed E-state index contributed by atoms with van der Waals surface area (Å²) in [6.07, 6.45) is 0.897. The highest BCUT2D eigenvalue weighted by atomic mass is 16.5. The number of aryl methyl sites for hydroxylation is 1. The quantitative estimate of drug-likeness (QED) is 0.626. The minimum Gasteiger partial charge on any atom is -0.383 e. The lowest BCUT2D eigenvalue weighted by Crippen LogP contribution is -2.42. The maximum Gasteiger partial charge on any atom is 0.332 e. The normalized spacial score (nSPS) is 16.4. The van der Waals surface area contributed by atoms with Gasteiger partial charge >= 0.3 is 5.69 Å². The lowest BCUT2D eigenvalue weighted by molar-refractivity contribution is 0.184. The number of methoxy groups -OCH3 is 1. The first kappa shape index (κ1) is 19.4. The number of imidazole rings is 1. The predicted molar refractivity (Wildman–Crippen MR) is 113 cm³/mol. The average Bonchev–Trinajstić information content (AvgIpc) is 3.11. The van der Waals surface area contributed by atoms with Crippen molar-refractivity contribution in [3.63, 3.8) is 0 Å². The molecule has 0 N–H and O–H groups in total. The van der Waals surface area contributed by atoms with Crippen molar-refractivity contribution in [2.75, 3.05) is 31.7 Å². The maximum absolute atomic E-state index is 13.1. The summed E-state index contributed by atoms with van der Waals surface area (Å²) in [4.78, 5) is 32.8. The van der Waals surface area contributed by atoms with Crippen molar-refractivity contribution in [3.8, 4) is 0 Å². The highest BCUT2D eigenvalue weighted by Crippen LogP contribution is 2.26. The predicted octanol–water partition coefficient (Wildman–Crippen LogP) is 1.24. The molecule has 0 radical (unpaired) electrons. The Labute approximate surface area is 169 Å². The summed E-state index contributed by atoms with van der Waals surface area (Å²) in [7, 11) is 3.23. The summed E-state index contributed by atoms with van der Waals surface area (Å²) < 4.78 is 9.77. The van der Waals surface area contributed by atoms with E-state index in [9.17, 15) is 9.59 Å². The molecule has 1 aliphatic heterocycles. The summed E-state index contributed by atoms with van der Waals surface area (Å²) in [5, 5.41) is 0.